The lowest BCUT2D eigenvalue weighted by atomic mass is 10.2. The van der Waals surface area contributed by atoms with Gasteiger partial charge in [0.25, 0.3) is 5.91 Å². The van der Waals surface area contributed by atoms with Crippen LogP contribution in [-0.4, -0.2) is 20.4 Å². The van der Waals surface area contributed by atoms with Crippen molar-refractivity contribution in [3.05, 3.63) is 23.1 Å². The van der Waals surface area contributed by atoms with Gasteiger partial charge in [-0.2, -0.15) is 0 Å². The van der Waals surface area contributed by atoms with E-state index in [-0.39, 0.29) is 0 Å². The molecule has 2 N–H and O–H groups in total. The molecule has 2 aromatic heterocycles. The van der Waals surface area contributed by atoms with E-state index < -0.39 is 5.91 Å². The fraction of sp³-hybridized carbons (Fsp3) is 0.462. The Labute approximate surface area is 105 Å². The van der Waals surface area contributed by atoms with Gasteiger partial charge in [0.15, 0.2) is 5.65 Å². The first-order chi connectivity index (χ1) is 8.66. The first kappa shape index (κ1) is 11.2. The smallest absolute Gasteiger partial charge is 0.251 e. The van der Waals surface area contributed by atoms with E-state index in [2.05, 4.69) is 14.5 Å². The van der Waals surface area contributed by atoms with Gasteiger partial charge in [-0.25, -0.2) is 9.97 Å². The van der Waals surface area contributed by atoms with Crippen molar-refractivity contribution in [3.63, 3.8) is 0 Å². The molecule has 3 rings (SSSR count). The highest BCUT2D eigenvalue weighted by molar-refractivity contribution is 6.03. The maximum absolute atomic E-state index is 11.5. The van der Waals surface area contributed by atoms with Crippen molar-refractivity contribution in [1.29, 1.82) is 0 Å². The van der Waals surface area contributed by atoms with E-state index in [1.807, 2.05) is 6.92 Å². The number of carbonyl (C=O) groups excluding carboxylic acids is 1. The van der Waals surface area contributed by atoms with Crippen LogP contribution >= 0.6 is 0 Å². The largest absolute Gasteiger partial charge is 0.366 e. The summed E-state index contributed by atoms with van der Waals surface area (Å²) < 4.78 is 2.14. The summed E-state index contributed by atoms with van der Waals surface area (Å²) in [5.74, 6) is 0.599. The minimum Gasteiger partial charge on any atom is -0.366 e. The molecule has 0 fully saturated rings. The monoisotopic (exact) mass is 244 g/mol. The van der Waals surface area contributed by atoms with E-state index in [0.29, 0.717) is 11.1 Å². The molecule has 3 heterocycles. The van der Waals surface area contributed by atoms with Crippen molar-refractivity contribution < 1.29 is 4.79 Å². The predicted molar refractivity (Wildman–Crippen MR) is 68.3 cm³/mol. The predicted octanol–water partition coefficient (Wildman–Crippen LogP) is 1.57. The summed E-state index contributed by atoms with van der Waals surface area (Å²) in [6.45, 7) is 2.81. The highest BCUT2D eigenvalue weighted by atomic mass is 16.1. The van der Waals surface area contributed by atoms with E-state index in [9.17, 15) is 4.79 Å². The minimum absolute atomic E-state index is 0.432. The molecule has 5 heteroatoms. The third-order valence-electron chi connectivity index (χ3n) is 3.46. The number of fused-ring (bicyclic) bond motifs is 3. The number of carbonyl (C=O) groups is 1. The van der Waals surface area contributed by atoms with Crippen LogP contribution in [0.4, 0.5) is 0 Å². The third kappa shape index (κ3) is 1.66. The van der Waals surface area contributed by atoms with Crippen LogP contribution in [0.3, 0.4) is 0 Å². The SMILES string of the molecule is Cc1cc(C(N)=O)c2nc3n(c2n1)CCCCC3. The minimum atomic E-state index is -0.432. The summed E-state index contributed by atoms with van der Waals surface area (Å²) in [7, 11) is 0. The van der Waals surface area contributed by atoms with Crippen LogP contribution in [0.15, 0.2) is 6.07 Å². The Morgan fingerprint density at radius 1 is 1.33 bits per heavy atom. The van der Waals surface area contributed by atoms with Gasteiger partial charge in [-0.05, 0) is 25.8 Å². The quantitative estimate of drug-likeness (QED) is 0.827. The van der Waals surface area contributed by atoms with Crippen LogP contribution in [-0.2, 0) is 13.0 Å². The zero-order chi connectivity index (χ0) is 12.7. The molecule has 2 aromatic rings. The lowest BCUT2D eigenvalue weighted by Crippen LogP contribution is -2.12. The van der Waals surface area contributed by atoms with Gasteiger partial charge in [0.05, 0.1) is 5.56 Å². The van der Waals surface area contributed by atoms with Gasteiger partial charge in [0.1, 0.15) is 11.3 Å². The van der Waals surface area contributed by atoms with Crippen LogP contribution in [0, 0.1) is 6.92 Å². The second-order valence-electron chi connectivity index (χ2n) is 4.84. The topological polar surface area (TPSA) is 73.8 Å². The molecule has 0 saturated carbocycles. The standard InChI is InChI=1S/C13H16N4O/c1-8-7-9(12(14)18)11-13(15-8)17-6-4-2-3-5-10(17)16-11/h7H,2-6H2,1H3,(H2,14,18). The number of aromatic nitrogens is 3. The number of primary amides is 1. The Morgan fingerprint density at radius 3 is 2.94 bits per heavy atom. The van der Waals surface area contributed by atoms with Gasteiger partial charge < -0.3 is 10.3 Å². The molecule has 1 aliphatic rings. The number of aryl methyl sites for hydroxylation is 3. The van der Waals surface area contributed by atoms with Crippen LogP contribution < -0.4 is 5.73 Å². The summed E-state index contributed by atoms with van der Waals surface area (Å²) in [4.78, 5) is 20.6. The van der Waals surface area contributed by atoms with E-state index in [1.54, 1.807) is 6.07 Å². The zero-order valence-corrected chi connectivity index (χ0v) is 10.4. The number of nitrogens with two attached hydrogens (primary N) is 1. The lowest BCUT2D eigenvalue weighted by molar-refractivity contribution is 0.100. The van der Waals surface area contributed by atoms with Gasteiger partial charge >= 0.3 is 0 Å². The number of hydrogen-bond acceptors (Lipinski definition) is 3. The van der Waals surface area contributed by atoms with E-state index >= 15 is 0 Å². The summed E-state index contributed by atoms with van der Waals surface area (Å²) in [6.07, 6.45) is 4.46. The van der Waals surface area contributed by atoms with Crippen molar-refractivity contribution in [3.8, 4) is 0 Å². The number of rotatable bonds is 1. The summed E-state index contributed by atoms with van der Waals surface area (Å²) in [5.41, 5.74) is 8.18. The third-order valence-corrected chi connectivity index (χ3v) is 3.46. The van der Waals surface area contributed by atoms with E-state index in [4.69, 9.17) is 5.73 Å². The molecule has 5 nitrogen and oxygen atoms in total. The molecular weight excluding hydrogens is 228 g/mol. The average Bonchev–Trinajstić information content (AvgIpc) is 2.53. The zero-order valence-electron chi connectivity index (χ0n) is 10.4. The molecule has 0 unspecified atom stereocenters. The van der Waals surface area contributed by atoms with E-state index in [0.717, 1.165) is 43.0 Å². The average molecular weight is 244 g/mol. The maximum atomic E-state index is 11.5. The molecule has 0 spiro atoms. The van der Waals surface area contributed by atoms with Crippen molar-refractivity contribution in [1.82, 2.24) is 14.5 Å². The number of amides is 1. The second kappa shape index (κ2) is 4.08. The molecule has 1 amide bonds. The molecule has 18 heavy (non-hydrogen) atoms. The van der Waals surface area contributed by atoms with Crippen LogP contribution in [0.1, 0.15) is 41.1 Å². The van der Waals surface area contributed by atoms with Gasteiger partial charge in [-0.1, -0.05) is 6.42 Å². The highest BCUT2D eigenvalue weighted by Gasteiger charge is 2.19. The second-order valence-corrected chi connectivity index (χ2v) is 4.84. The first-order valence-electron chi connectivity index (χ1n) is 6.33. The fourth-order valence-electron chi connectivity index (χ4n) is 2.60. The van der Waals surface area contributed by atoms with Crippen LogP contribution in [0.25, 0.3) is 11.2 Å². The Kier molecular flexibility index (Phi) is 2.54. The molecule has 0 aliphatic carbocycles. The molecule has 94 valence electrons. The molecular formula is C13H16N4O. The van der Waals surface area contributed by atoms with Crippen molar-refractivity contribution in [2.24, 2.45) is 5.73 Å². The molecule has 0 saturated heterocycles. The van der Waals surface area contributed by atoms with Crippen LogP contribution in [0.2, 0.25) is 0 Å². The number of imidazole rings is 1. The molecule has 0 atom stereocenters. The number of pyridine rings is 1. The first-order valence-corrected chi connectivity index (χ1v) is 6.33. The van der Waals surface area contributed by atoms with Gasteiger partial charge in [-0.3, -0.25) is 4.79 Å². The maximum Gasteiger partial charge on any atom is 0.251 e. The van der Waals surface area contributed by atoms with Crippen LogP contribution in [0.5, 0.6) is 0 Å². The molecule has 1 aliphatic heterocycles. The van der Waals surface area contributed by atoms with Crippen molar-refractivity contribution in [2.75, 3.05) is 0 Å². The Morgan fingerprint density at radius 2 is 2.17 bits per heavy atom. The van der Waals surface area contributed by atoms with Crippen molar-refractivity contribution in [2.45, 2.75) is 39.2 Å². The molecule has 0 bridgehead atoms. The Balaban J connectivity index is 2.31. The normalized spacial score (nSPS) is 15.4. The molecule has 0 aromatic carbocycles. The highest BCUT2D eigenvalue weighted by Crippen LogP contribution is 2.23. The van der Waals surface area contributed by atoms with Crippen molar-refractivity contribution >= 4 is 17.1 Å². The Hall–Kier alpha value is -1.91. The summed E-state index contributed by atoms with van der Waals surface area (Å²) in [6, 6.07) is 1.72. The summed E-state index contributed by atoms with van der Waals surface area (Å²) >= 11 is 0. The van der Waals surface area contributed by atoms with E-state index in [1.165, 1.54) is 6.42 Å². The fourth-order valence-corrected chi connectivity index (χ4v) is 2.60. The van der Waals surface area contributed by atoms with Gasteiger partial charge in [0.2, 0.25) is 0 Å². The van der Waals surface area contributed by atoms with Gasteiger partial charge in [0, 0.05) is 18.7 Å². The number of nitrogens with zero attached hydrogens (tertiary/aromatic N) is 3. The molecule has 0 radical (unpaired) electrons. The lowest BCUT2D eigenvalue weighted by Gasteiger charge is -2.04. The van der Waals surface area contributed by atoms with Gasteiger partial charge in [-0.15, -0.1) is 0 Å². The number of hydrogen-bond donors (Lipinski definition) is 1. The summed E-state index contributed by atoms with van der Waals surface area (Å²) in [5, 5.41) is 0. The Bertz CT molecular complexity index is 629.